The van der Waals surface area contributed by atoms with E-state index < -0.39 is 6.04 Å². The Morgan fingerprint density at radius 2 is 1.79 bits per heavy atom. The molecule has 0 fully saturated rings. The zero-order valence-corrected chi connectivity index (χ0v) is 16.6. The Balaban J connectivity index is 1.92. The van der Waals surface area contributed by atoms with Crippen molar-refractivity contribution in [2.75, 3.05) is 20.3 Å². The zero-order chi connectivity index (χ0) is 19.8. The van der Waals surface area contributed by atoms with Crippen LogP contribution in [0.1, 0.15) is 34.1 Å². The second-order valence-electron chi connectivity index (χ2n) is 6.61. The van der Waals surface area contributed by atoms with Crippen molar-refractivity contribution in [3.63, 3.8) is 0 Å². The number of carbonyl (C=O) groups is 1. The molecule has 4 rings (SSSR count). The van der Waals surface area contributed by atoms with Crippen LogP contribution in [-0.2, 0) is 4.74 Å². The van der Waals surface area contributed by atoms with E-state index in [1.165, 1.54) is 0 Å². The molecule has 5 nitrogen and oxygen atoms in total. The van der Waals surface area contributed by atoms with E-state index in [0.717, 1.165) is 5.56 Å². The summed E-state index contributed by atoms with van der Waals surface area (Å²) in [5.74, 6) is -0.225. The Bertz CT molecular complexity index is 1110. The first-order chi connectivity index (χ1) is 13.5. The highest BCUT2D eigenvalue weighted by atomic mass is 35.5. The summed E-state index contributed by atoms with van der Waals surface area (Å²) < 4.78 is 11.0. The maximum atomic E-state index is 13.3. The van der Waals surface area contributed by atoms with Crippen LogP contribution in [0.25, 0.3) is 11.0 Å². The van der Waals surface area contributed by atoms with Crippen molar-refractivity contribution in [1.29, 1.82) is 0 Å². The first-order valence-electron chi connectivity index (χ1n) is 8.83. The molecule has 28 heavy (non-hydrogen) atoms. The highest BCUT2D eigenvalue weighted by Gasteiger charge is 2.42. The highest BCUT2D eigenvalue weighted by molar-refractivity contribution is 6.31. The fourth-order valence-corrected chi connectivity index (χ4v) is 3.89. The molecule has 0 bridgehead atoms. The summed E-state index contributed by atoms with van der Waals surface area (Å²) in [6, 6.07) is 11.4. The smallest absolute Gasteiger partial charge is 0.290 e. The van der Waals surface area contributed by atoms with Crippen LogP contribution in [0.3, 0.4) is 0 Å². The maximum Gasteiger partial charge on any atom is 0.290 e. The summed E-state index contributed by atoms with van der Waals surface area (Å²) in [6.45, 7) is 0.938. The van der Waals surface area contributed by atoms with Crippen LogP contribution in [0.4, 0.5) is 0 Å². The van der Waals surface area contributed by atoms with Gasteiger partial charge in [0.2, 0.25) is 5.76 Å². The van der Waals surface area contributed by atoms with Gasteiger partial charge in [0.15, 0.2) is 5.43 Å². The summed E-state index contributed by atoms with van der Waals surface area (Å²) in [7, 11) is 1.61. The van der Waals surface area contributed by atoms with Gasteiger partial charge in [-0.15, -0.1) is 0 Å². The lowest BCUT2D eigenvalue weighted by Crippen LogP contribution is -2.31. The van der Waals surface area contributed by atoms with Crippen molar-refractivity contribution in [1.82, 2.24) is 4.90 Å². The molecule has 3 aromatic rings. The summed E-state index contributed by atoms with van der Waals surface area (Å²) in [5.41, 5.74) is 1.22. The van der Waals surface area contributed by atoms with E-state index in [9.17, 15) is 9.59 Å². The Morgan fingerprint density at radius 3 is 2.50 bits per heavy atom. The lowest BCUT2D eigenvalue weighted by Gasteiger charge is -2.25. The first kappa shape index (κ1) is 19.0. The predicted octanol–water partition coefficient (Wildman–Crippen LogP) is 4.68. The second kappa shape index (κ2) is 7.59. The Kier molecular flexibility index (Phi) is 5.15. The molecule has 2 aromatic carbocycles. The standard InChI is InChI=1S/C21H17Cl2NO4/c1-27-10-2-9-24-18(12-3-5-13(22)6-4-12)17-19(25)15-11-14(23)7-8-16(15)28-20(17)21(24)26/h3-8,11,18H,2,9-10H2,1H3. The molecule has 0 saturated heterocycles. The minimum atomic E-state index is -0.545. The maximum absolute atomic E-state index is 13.3. The molecule has 1 amide bonds. The molecule has 1 atom stereocenters. The minimum absolute atomic E-state index is 0.0807. The van der Waals surface area contributed by atoms with Gasteiger partial charge in [-0.1, -0.05) is 35.3 Å². The quantitative estimate of drug-likeness (QED) is 0.565. The van der Waals surface area contributed by atoms with E-state index in [4.69, 9.17) is 32.4 Å². The second-order valence-corrected chi connectivity index (χ2v) is 7.49. The molecule has 0 saturated carbocycles. The van der Waals surface area contributed by atoms with E-state index in [-0.39, 0.29) is 17.1 Å². The number of halogens is 2. The van der Waals surface area contributed by atoms with Gasteiger partial charge in [-0.2, -0.15) is 0 Å². The van der Waals surface area contributed by atoms with Gasteiger partial charge in [-0.05, 0) is 42.3 Å². The highest BCUT2D eigenvalue weighted by Crippen LogP contribution is 2.38. The first-order valence-corrected chi connectivity index (χ1v) is 9.58. The Labute approximate surface area is 171 Å². The normalized spacial score (nSPS) is 16.0. The Morgan fingerprint density at radius 1 is 1.07 bits per heavy atom. The average molecular weight is 418 g/mol. The summed E-state index contributed by atoms with van der Waals surface area (Å²) >= 11 is 12.1. The molecule has 1 aliphatic rings. The fourth-order valence-electron chi connectivity index (χ4n) is 3.59. The van der Waals surface area contributed by atoms with Crippen molar-refractivity contribution < 1.29 is 13.9 Å². The SMILES string of the molecule is COCCCN1C(=O)c2oc3ccc(Cl)cc3c(=O)c2C1c1ccc(Cl)cc1. The monoisotopic (exact) mass is 417 g/mol. The number of hydrogen-bond acceptors (Lipinski definition) is 4. The molecule has 1 aliphatic heterocycles. The van der Waals surface area contributed by atoms with E-state index >= 15 is 0 Å². The van der Waals surface area contributed by atoms with Crippen LogP contribution >= 0.6 is 23.2 Å². The van der Waals surface area contributed by atoms with Gasteiger partial charge in [0, 0.05) is 30.3 Å². The number of ether oxygens (including phenoxy) is 1. The van der Waals surface area contributed by atoms with Crippen LogP contribution in [-0.4, -0.2) is 31.1 Å². The number of carbonyl (C=O) groups excluding carboxylic acids is 1. The number of rotatable bonds is 5. The molecule has 1 unspecified atom stereocenters. The van der Waals surface area contributed by atoms with Gasteiger partial charge < -0.3 is 14.1 Å². The lowest BCUT2D eigenvalue weighted by molar-refractivity contribution is 0.0708. The molecular weight excluding hydrogens is 401 g/mol. The molecular formula is C21H17Cl2NO4. The molecule has 144 valence electrons. The minimum Gasteiger partial charge on any atom is -0.450 e. The van der Waals surface area contributed by atoms with Gasteiger partial charge in [0.25, 0.3) is 5.91 Å². The van der Waals surface area contributed by atoms with Crippen LogP contribution in [0.15, 0.2) is 51.7 Å². The average Bonchev–Trinajstić information content (AvgIpc) is 2.96. The summed E-state index contributed by atoms with van der Waals surface area (Å²) in [5, 5.41) is 1.37. The van der Waals surface area contributed by atoms with Crippen molar-refractivity contribution in [3.05, 3.63) is 79.6 Å². The van der Waals surface area contributed by atoms with Gasteiger partial charge >= 0.3 is 0 Å². The number of benzene rings is 2. The fraction of sp³-hybridized carbons (Fsp3) is 0.238. The topological polar surface area (TPSA) is 59.8 Å². The van der Waals surface area contributed by atoms with Gasteiger partial charge in [0.05, 0.1) is 17.0 Å². The predicted molar refractivity (Wildman–Crippen MR) is 108 cm³/mol. The van der Waals surface area contributed by atoms with E-state index in [0.29, 0.717) is 46.2 Å². The van der Waals surface area contributed by atoms with Crippen molar-refractivity contribution in [3.8, 4) is 0 Å². The Hall–Kier alpha value is -2.34. The van der Waals surface area contributed by atoms with Gasteiger partial charge in [0.1, 0.15) is 5.58 Å². The summed E-state index contributed by atoms with van der Waals surface area (Å²) in [6.07, 6.45) is 0.639. The van der Waals surface area contributed by atoms with Crippen LogP contribution in [0.5, 0.6) is 0 Å². The molecule has 1 aromatic heterocycles. The molecule has 0 aliphatic carbocycles. The van der Waals surface area contributed by atoms with E-state index in [1.54, 1.807) is 42.3 Å². The number of amides is 1. The number of methoxy groups -OCH3 is 1. The third-order valence-corrected chi connectivity index (χ3v) is 5.35. The third-order valence-electron chi connectivity index (χ3n) is 4.86. The largest absolute Gasteiger partial charge is 0.450 e. The number of hydrogen-bond donors (Lipinski definition) is 0. The van der Waals surface area contributed by atoms with Crippen molar-refractivity contribution >= 4 is 40.1 Å². The lowest BCUT2D eigenvalue weighted by atomic mass is 9.98. The molecule has 0 N–H and O–H groups in total. The van der Waals surface area contributed by atoms with E-state index in [1.807, 2.05) is 12.1 Å². The van der Waals surface area contributed by atoms with Gasteiger partial charge in [-0.3, -0.25) is 9.59 Å². The van der Waals surface area contributed by atoms with Crippen molar-refractivity contribution in [2.24, 2.45) is 0 Å². The molecule has 0 radical (unpaired) electrons. The molecule has 2 heterocycles. The van der Waals surface area contributed by atoms with Crippen LogP contribution in [0, 0.1) is 0 Å². The summed E-state index contributed by atoms with van der Waals surface area (Å²) in [4.78, 5) is 28.1. The number of nitrogens with zero attached hydrogens (tertiary/aromatic N) is 1. The van der Waals surface area contributed by atoms with Crippen LogP contribution in [0.2, 0.25) is 10.0 Å². The molecule has 7 heteroatoms. The molecule has 0 spiro atoms. The van der Waals surface area contributed by atoms with Gasteiger partial charge in [-0.25, -0.2) is 0 Å². The van der Waals surface area contributed by atoms with Crippen molar-refractivity contribution in [2.45, 2.75) is 12.5 Å². The number of fused-ring (bicyclic) bond motifs is 2. The van der Waals surface area contributed by atoms with Crippen LogP contribution < -0.4 is 5.43 Å². The third kappa shape index (κ3) is 3.20. The zero-order valence-electron chi connectivity index (χ0n) is 15.1. The van der Waals surface area contributed by atoms with E-state index in [2.05, 4.69) is 0 Å².